The van der Waals surface area contributed by atoms with Gasteiger partial charge in [0.1, 0.15) is 0 Å². The Balaban J connectivity index is 1.68. The average molecular weight is 238 g/mol. The van der Waals surface area contributed by atoms with Crippen LogP contribution in [0.4, 0.5) is 0 Å². The minimum atomic E-state index is 0.629. The smallest absolute Gasteiger partial charge is 0.00157 e. The first-order valence-electron chi connectivity index (χ1n) is 7.94. The van der Waals surface area contributed by atoms with Gasteiger partial charge in [0.2, 0.25) is 0 Å². The number of benzene rings is 1. The molecule has 0 saturated heterocycles. The van der Waals surface area contributed by atoms with E-state index in [2.05, 4.69) is 24.3 Å². The molecule has 0 nitrogen and oxygen atoms in total. The van der Waals surface area contributed by atoms with Gasteiger partial charge in [-0.2, -0.15) is 0 Å². The molecule has 0 unspecified atom stereocenters. The Kier molecular flexibility index (Phi) is 1.79. The van der Waals surface area contributed by atoms with E-state index in [1.54, 1.807) is 43.2 Å². The van der Waals surface area contributed by atoms with Gasteiger partial charge in [0.15, 0.2) is 0 Å². The SMILES string of the molecule is c1ccc2c(c1)CCC21C2CC3CC(C2)CC1C3. The number of fused-ring (bicyclic) bond motifs is 1. The highest BCUT2D eigenvalue weighted by Crippen LogP contribution is 2.66. The van der Waals surface area contributed by atoms with Gasteiger partial charge in [0, 0.05) is 5.41 Å². The van der Waals surface area contributed by atoms with E-state index >= 15 is 0 Å². The van der Waals surface area contributed by atoms with Crippen molar-refractivity contribution < 1.29 is 0 Å². The van der Waals surface area contributed by atoms with Crippen molar-refractivity contribution in [3.05, 3.63) is 35.4 Å². The molecular formula is C18H22. The third-order valence-electron chi connectivity index (χ3n) is 6.92. The number of rotatable bonds is 0. The maximum Gasteiger partial charge on any atom is 0.00157 e. The number of hydrogen-bond acceptors (Lipinski definition) is 0. The number of hydrogen-bond donors (Lipinski definition) is 0. The normalized spacial score (nSPS) is 47.8. The first-order valence-corrected chi connectivity index (χ1v) is 7.94. The lowest BCUT2D eigenvalue weighted by Gasteiger charge is -2.61. The zero-order valence-corrected chi connectivity index (χ0v) is 11.1. The van der Waals surface area contributed by atoms with Crippen molar-refractivity contribution in [2.45, 2.75) is 50.4 Å². The van der Waals surface area contributed by atoms with Crippen LogP contribution in [0.15, 0.2) is 24.3 Å². The Morgan fingerprint density at radius 3 is 2.22 bits per heavy atom. The van der Waals surface area contributed by atoms with Crippen LogP contribution in [0.2, 0.25) is 0 Å². The molecule has 6 rings (SSSR count). The minimum absolute atomic E-state index is 0.629. The fraction of sp³-hybridized carbons (Fsp3) is 0.667. The van der Waals surface area contributed by atoms with Gasteiger partial charge < -0.3 is 0 Å². The molecule has 4 fully saturated rings. The lowest BCUT2D eigenvalue weighted by atomic mass is 9.44. The molecule has 94 valence electrons. The van der Waals surface area contributed by atoms with E-state index in [1.165, 1.54) is 12.8 Å². The van der Waals surface area contributed by atoms with Crippen LogP contribution in [0, 0.1) is 23.7 Å². The third-order valence-corrected chi connectivity index (χ3v) is 6.92. The average Bonchev–Trinajstić information content (AvgIpc) is 2.76. The second kappa shape index (κ2) is 3.21. The lowest BCUT2D eigenvalue weighted by molar-refractivity contribution is -0.0602. The molecule has 1 aromatic rings. The van der Waals surface area contributed by atoms with Crippen molar-refractivity contribution in [3.63, 3.8) is 0 Å². The summed E-state index contributed by atoms with van der Waals surface area (Å²) in [5.74, 6) is 4.28. The highest BCUT2D eigenvalue weighted by molar-refractivity contribution is 5.42. The summed E-state index contributed by atoms with van der Waals surface area (Å²) in [4.78, 5) is 0. The van der Waals surface area contributed by atoms with Crippen LogP contribution in [0.1, 0.15) is 49.7 Å². The molecule has 4 bridgehead atoms. The molecule has 0 aliphatic heterocycles. The van der Waals surface area contributed by atoms with Gasteiger partial charge in [-0.3, -0.25) is 0 Å². The molecule has 5 aliphatic carbocycles. The fourth-order valence-electron chi connectivity index (χ4n) is 6.54. The maximum absolute atomic E-state index is 2.48. The van der Waals surface area contributed by atoms with Crippen molar-refractivity contribution in [1.29, 1.82) is 0 Å². The predicted octanol–water partition coefficient (Wildman–Crippen LogP) is 4.33. The highest BCUT2D eigenvalue weighted by Gasteiger charge is 2.59. The summed E-state index contributed by atoms with van der Waals surface area (Å²) in [7, 11) is 0. The zero-order chi connectivity index (χ0) is 11.7. The molecule has 0 amide bonds. The number of aryl methyl sites for hydroxylation is 1. The fourth-order valence-corrected chi connectivity index (χ4v) is 6.54. The second-order valence-electron chi connectivity index (χ2n) is 7.50. The summed E-state index contributed by atoms with van der Waals surface area (Å²) >= 11 is 0. The summed E-state index contributed by atoms with van der Waals surface area (Å²) in [6, 6.07) is 9.41. The van der Waals surface area contributed by atoms with Gasteiger partial charge in [0.25, 0.3) is 0 Å². The van der Waals surface area contributed by atoms with Crippen LogP contribution in [0.5, 0.6) is 0 Å². The Labute approximate surface area is 110 Å². The monoisotopic (exact) mass is 238 g/mol. The third kappa shape index (κ3) is 1.05. The Hall–Kier alpha value is -0.780. The van der Waals surface area contributed by atoms with Crippen LogP contribution < -0.4 is 0 Å². The summed E-state index contributed by atoms with van der Waals surface area (Å²) in [5, 5.41) is 0. The van der Waals surface area contributed by atoms with Crippen molar-refractivity contribution in [2.24, 2.45) is 23.7 Å². The van der Waals surface area contributed by atoms with Gasteiger partial charge >= 0.3 is 0 Å². The molecular weight excluding hydrogens is 216 g/mol. The molecule has 0 N–H and O–H groups in total. The van der Waals surface area contributed by atoms with Crippen molar-refractivity contribution in [3.8, 4) is 0 Å². The molecule has 18 heavy (non-hydrogen) atoms. The standard InChI is InChI=1S/C18H22/c1-2-4-17-14(3-1)5-6-18(17)15-8-12-7-13(10-15)11-16(18)9-12/h1-4,12-13,15-16H,5-11H2. The van der Waals surface area contributed by atoms with E-state index in [-0.39, 0.29) is 0 Å². The van der Waals surface area contributed by atoms with Crippen LogP contribution in [-0.4, -0.2) is 0 Å². The summed E-state index contributed by atoms with van der Waals surface area (Å²) < 4.78 is 0. The first-order chi connectivity index (χ1) is 8.86. The predicted molar refractivity (Wildman–Crippen MR) is 73.5 cm³/mol. The first kappa shape index (κ1) is 10.1. The lowest BCUT2D eigenvalue weighted by Crippen LogP contribution is -2.54. The van der Waals surface area contributed by atoms with Crippen LogP contribution in [0.25, 0.3) is 0 Å². The summed E-state index contributed by atoms with van der Waals surface area (Å²) in [5.41, 5.74) is 4.09. The molecule has 4 saturated carbocycles. The van der Waals surface area contributed by atoms with Gasteiger partial charge in [-0.1, -0.05) is 24.3 Å². The highest BCUT2D eigenvalue weighted by atomic mass is 14.6. The van der Waals surface area contributed by atoms with E-state index in [1.807, 2.05) is 0 Å². The Morgan fingerprint density at radius 1 is 0.833 bits per heavy atom. The van der Waals surface area contributed by atoms with Crippen molar-refractivity contribution >= 4 is 0 Å². The summed E-state index contributed by atoms with van der Waals surface area (Å²) in [6.07, 6.45) is 10.6. The molecule has 0 atom stereocenters. The van der Waals surface area contributed by atoms with Crippen molar-refractivity contribution in [1.82, 2.24) is 0 Å². The van der Waals surface area contributed by atoms with E-state index in [9.17, 15) is 0 Å². The molecule has 0 heterocycles. The molecule has 0 radical (unpaired) electrons. The molecule has 1 aromatic carbocycles. The van der Waals surface area contributed by atoms with E-state index in [0.29, 0.717) is 5.41 Å². The quantitative estimate of drug-likeness (QED) is 0.631. The zero-order valence-electron chi connectivity index (χ0n) is 11.1. The summed E-state index contributed by atoms with van der Waals surface area (Å²) in [6.45, 7) is 0. The molecule has 0 aromatic heterocycles. The van der Waals surface area contributed by atoms with Crippen LogP contribution >= 0.6 is 0 Å². The van der Waals surface area contributed by atoms with Gasteiger partial charge in [-0.15, -0.1) is 0 Å². The minimum Gasteiger partial charge on any atom is -0.0620 e. The van der Waals surface area contributed by atoms with E-state index in [4.69, 9.17) is 0 Å². The maximum atomic E-state index is 2.48. The van der Waals surface area contributed by atoms with Crippen LogP contribution in [0.3, 0.4) is 0 Å². The largest absolute Gasteiger partial charge is 0.0620 e. The van der Waals surface area contributed by atoms with Crippen LogP contribution in [-0.2, 0) is 11.8 Å². The molecule has 1 spiro atoms. The second-order valence-corrected chi connectivity index (χ2v) is 7.50. The van der Waals surface area contributed by atoms with Gasteiger partial charge in [0.05, 0.1) is 0 Å². The van der Waals surface area contributed by atoms with Gasteiger partial charge in [-0.25, -0.2) is 0 Å². The molecule has 0 heteroatoms. The van der Waals surface area contributed by atoms with Gasteiger partial charge in [-0.05, 0) is 79.7 Å². The van der Waals surface area contributed by atoms with E-state index in [0.717, 1.165) is 23.7 Å². The Bertz CT molecular complexity index is 471. The topological polar surface area (TPSA) is 0 Å². The van der Waals surface area contributed by atoms with E-state index < -0.39 is 0 Å². The Morgan fingerprint density at radius 2 is 1.50 bits per heavy atom. The molecule has 5 aliphatic rings. The van der Waals surface area contributed by atoms with Crippen molar-refractivity contribution in [2.75, 3.05) is 0 Å².